The molecule has 0 aliphatic heterocycles. The van der Waals surface area contributed by atoms with Crippen molar-refractivity contribution in [3.63, 3.8) is 0 Å². The van der Waals surface area contributed by atoms with Gasteiger partial charge in [-0.15, -0.1) is 0 Å². The molecule has 122 valence electrons. The lowest BCUT2D eigenvalue weighted by Crippen LogP contribution is -2.36. The second-order valence-electron chi connectivity index (χ2n) is 5.58. The quantitative estimate of drug-likeness (QED) is 0.662. The number of nitrogens with one attached hydrogen (secondary N) is 1. The zero-order valence-corrected chi connectivity index (χ0v) is 13.3. The van der Waals surface area contributed by atoms with E-state index in [1.807, 2.05) is 53.4 Å². The summed E-state index contributed by atoms with van der Waals surface area (Å²) in [5.41, 5.74) is 2.45. The highest BCUT2D eigenvalue weighted by Crippen LogP contribution is 2.04. The van der Waals surface area contributed by atoms with Crippen molar-refractivity contribution < 1.29 is 9.90 Å². The Bertz CT molecular complexity index is 572. The van der Waals surface area contributed by atoms with Gasteiger partial charge in [-0.2, -0.15) is 0 Å². The average Bonchev–Trinajstić information content (AvgIpc) is 2.56. The second-order valence-corrected chi connectivity index (χ2v) is 5.58. The molecule has 4 nitrogen and oxygen atoms in total. The van der Waals surface area contributed by atoms with Crippen LogP contribution in [0.15, 0.2) is 60.7 Å². The topological polar surface area (TPSA) is 52.6 Å². The zero-order valence-electron chi connectivity index (χ0n) is 13.3. The Morgan fingerprint density at radius 2 is 1.52 bits per heavy atom. The van der Waals surface area contributed by atoms with Crippen molar-refractivity contribution in [2.45, 2.75) is 13.0 Å². The molecule has 0 radical (unpaired) electrons. The maximum Gasteiger partial charge on any atom is 0.317 e. The predicted molar refractivity (Wildman–Crippen MR) is 92.4 cm³/mol. The van der Waals surface area contributed by atoms with Gasteiger partial charge in [0.2, 0.25) is 0 Å². The summed E-state index contributed by atoms with van der Waals surface area (Å²) >= 11 is 0. The van der Waals surface area contributed by atoms with Gasteiger partial charge in [-0.05, 0) is 24.1 Å². The van der Waals surface area contributed by atoms with Crippen molar-refractivity contribution in [3.8, 4) is 0 Å². The van der Waals surface area contributed by atoms with Crippen molar-refractivity contribution in [1.82, 2.24) is 10.2 Å². The molecular formula is C19H24N2O2. The van der Waals surface area contributed by atoms with Gasteiger partial charge in [0.1, 0.15) is 0 Å². The molecular weight excluding hydrogens is 288 g/mol. The highest BCUT2D eigenvalue weighted by Gasteiger charge is 2.09. The summed E-state index contributed by atoms with van der Waals surface area (Å²) in [5, 5.41) is 12.4. The average molecular weight is 312 g/mol. The number of carboxylic acid groups (broad SMARTS) is 1. The standard InChI is InChI=1S/C19H24N2O2/c22-19(23)16-21(15-18-9-5-2-6-10-18)14-13-20-12-11-17-7-3-1-4-8-17/h1-10,20H,11-16H2,(H,22,23). The SMILES string of the molecule is O=C(O)CN(CCNCCc1ccccc1)Cc1ccccc1. The lowest BCUT2D eigenvalue weighted by atomic mass is 10.1. The Balaban J connectivity index is 1.71. The van der Waals surface area contributed by atoms with Crippen molar-refractivity contribution in [1.29, 1.82) is 0 Å². The van der Waals surface area contributed by atoms with Gasteiger partial charge in [-0.1, -0.05) is 60.7 Å². The number of rotatable bonds is 10. The Morgan fingerprint density at radius 1 is 0.913 bits per heavy atom. The second kappa shape index (κ2) is 9.77. The van der Waals surface area contributed by atoms with Gasteiger partial charge < -0.3 is 10.4 Å². The molecule has 0 atom stereocenters. The first-order chi connectivity index (χ1) is 11.2. The van der Waals surface area contributed by atoms with Crippen LogP contribution in [-0.2, 0) is 17.8 Å². The van der Waals surface area contributed by atoms with Gasteiger partial charge in [0, 0.05) is 19.6 Å². The van der Waals surface area contributed by atoms with Crippen molar-refractivity contribution in [2.24, 2.45) is 0 Å². The van der Waals surface area contributed by atoms with Gasteiger partial charge in [0.15, 0.2) is 0 Å². The number of nitrogens with zero attached hydrogens (tertiary/aromatic N) is 1. The molecule has 0 heterocycles. The van der Waals surface area contributed by atoms with E-state index in [2.05, 4.69) is 17.4 Å². The first-order valence-corrected chi connectivity index (χ1v) is 7.97. The molecule has 0 spiro atoms. The minimum Gasteiger partial charge on any atom is -0.480 e. The fraction of sp³-hybridized carbons (Fsp3) is 0.316. The molecule has 2 rings (SSSR count). The largest absolute Gasteiger partial charge is 0.480 e. The Labute approximate surface area is 137 Å². The van der Waals surface area contributed by atoms with Gasteiger partial charge in [-0.25, -0.2) is 0 Å². The van der Waals surface area contributed by atoms with Crippen molar-refractivity contribution in [2.75, 3.05) is 26.2 Å². The third-order valence-electron chi connectivity index (χ3n) is 3.65. The van der Waals surface area contributed by atoms with E-state index in [0.29, 0.717) is 6.54 Å². The molecule has 4 heteroatoms. The molecule has 0 bridgehead atoms. The van der Waals surface area contributed by atoms with Crippen LogP contribution >= 0.6 is 0 Å². The fourth-order valence-electron chi connectivity index (χ4n) is 2.49. The number of hydrogen-bond donors (Lipinski definition) is 2. The summed E-state index contributed by atoms with van der Waals surface area (Å²) in [7, 11) is 0. The predicted octanol–water partition coefficient (Wildman–Crippen LogP) is 2.41. The molecule has 2 aromatic carbocycles. The highest BCUT2D eigenvalue weighted by atomic mass is 16.4. The molecule has 0 aliphatic carbocycles. The maximum absolute atomic E-state index is 11.0. The summed E-state index contributed by atoms with van der Waals surface area (Å²) in [6, 6.07) is 20.3. The molecule has 23 heavy (non-hydrogen) atoms. The summed E-state index contributed by atoms with van der Waals surface area (Å²) in [6.45, 7) is 3.13. The van der Waals surface area contributed by atoms with E-state index in [4.69, 9.17) is 5.11 Å². The summed E-state index contributed by atoms with van der Waals surface area (Å²) in [4.78, 5) is 13.0. The number of carboxylic acids is 1. The van der Waals surface area contributed by atoms with E-state index >= 15 is 0 Å². The minimum atomic E-state index is -0.787. The summed E-state index contributed by atoms with van der Waals surface area (Å²) in [6.07, 6.45) is 0.985. The van der Waals surface area contributed by atoms with Gasteiger partial charge in [0.25, 0.3) is 0 Å². The van der Waals surface area contributed by atoms with Crippen LogP contribution in [0, 0.1) is 0 Å². The van der Waals surface area contributed by atoms with Crippen molar-refractivity contribution >= 4 is 5.97 Å². The molecule has 0 aliphatic rings. The summed E-state index contributed by atoms with van der Waals surface area (Å²) < 4.78 is 0. The van der Waals surface area contributed by atoms with E-state index in [-0.39, 0.29) is 6.54 Å². The lowest BCUT2D eigenvalue weighted by Gasteiger charge is -2.20. The third-order valence-corrected chi connectivity index (χ3v) is 3.65. The van der Waals surface area contributed by atoms with Gasteiger partial charge >= 0.3 is 5.97 Å². The molecule has 0 fully saturated rings. The van der Waals surface area contributed by atoms with E-state index in [9.17, 15) is 4.79 Å². The smallest absolute Gasteiger partial charge is 0.317 e. The minimum absolute atomic E-state index is 0.0647. The van der Waals surface area contributed by atoms with E-state index < -0.39 is 5.97 Å². The van der Waals surface area contributed by atoms with Crippen LogP contribution in [0.1, 0.15) is 11.1 Å². The highest BCUT2D eigenvalue weighted by molar-refractivity contribution is 5.69. The number of carbonyl (C=O) groups is 1. The van der Waals surface area contributed by atoms with Crippen LogP contribution < -0.4 is 5.32 Å². The van der Waals surface area contributed by atoms with Crippen LogP contribution in [-0.4, -0.2) is 42.2 Å². The lowest BCUT2D eigenvalue weighted by molar-refractivity contribution is -0.138. The molecule has 0 saturated carbocycles. The van der Waals surface area contributed by atoms with E-state index in [1.165, 1.54) is 5.56 Å². The van der Waals surface area contributed by atoms with Gasteiger partial charge in [-0.3, -0.25) is 9.69 Å². The van der Waals surface area contributed by atoms with E-state index in [1.54, 1.807) is 0 Å². The Morgan fingerprint density at radius 3 is 2.13 bits per heavy atom. The summed E-state index contributed by atoms with van der Waals surface area (Å²) in [5.74, 6) is -0.787. The molecule has 2 N–H and O–H groups in total. The maximum atomic E-state index is 11.0. The fourth-order valence-corrected chi connectivity index (χ4v) is 2.49. The van der Waals surface area contributed by atoms with Gasteiger partial charge in [0.05, 0.1) is 6.54 Å². The first kappa shape index (κ1) is 17.2. The Hall–Kier alpha value is -2.17. The van der Waals surface area contributed by atoms with Crippen LogP contribution in [0.25, 0.3) is 0 Å². The molecule has 2 aromatic rings. The molecule has 0 saturated heterocycles. The van der Waals surface area contributed by atoms with Crippen LogP contribution in [0.3, 0.4) is 0 Å². The number of benzene rings is 2. The zero-order chi connectivity index (χ0) is 16.3. The molecule has 0 aromatic heterocycles. The molecule has 0 unspecified atom stereocenters. The van der Waals surface area contributed by atoms with Crippen molar-refractivity contribution in [3.05, 3.63) is 71.8 Å². The number of hydrogen-bond acceptors (Lipinski definition) is 3. The Kier molecular flexibility index (Phi) is 7.30. The van der Waals surface area contributed by atoms with Crippen LogP contribution in [0.5, 0.6) is 0 Å². The number of aliphatic carboxylic acids is 1. The molecule has 0 amide bonds. The monoisotopic (exact) mass is 312 g/mol. The third kappa shape index (κ3) is 7.08. The normalized spacial score (nSPS) is 10.8. The van der Waals surface area contributed by atoms with Crippen LogP contribution in [0.2, 0.25) is 0 Å². The van der Waals surface area contributed by atoms with E-state index in [0.717, 1.165) is 31.6 Å². The van der Waals surface area contributed by atoms with Crippen LogP contribution in [0.4, 0.5) is 0 Å². The first-order valence-electron chi connectivity index (χ1n) is 7.97.